The maximum absolute atomic E-state index is 12.9. The Kier molecular flexibility index (Phi) is 6.98. The molecule has 2 aromatic heterocycles. The van der Waals surface area contributed by atoms with Crippen molar-refractivity contribution in [3.05, 3.63) is 78.0 Å². The van der Waals surface area contributed by atoms with Gasteiger partial charge < -0.3 is 19.9 Å². The van der Waals surface area contributed by atoms with Crippen molar-refractivity contribution in [3.8, 4) is 17.0 Å². The SMILES string of the molecule is COc1ccc(-c2[nH]c3ccccc3c2CCC(=O)NCc2cccnc2N2CCCCC2)cc1. The van der Waals surface area contributed by atoms with Crippen LogP contribution in [-0.2, 0) is 17.8 Å². The number of piperidine rings is 1. The number of hydrogen-bond donors (Lipinski definition) is 2. The second kappa shape index (κ2) is 10.6. The number of H-pyrrole nitrogens is 1. The summed E-state index contributed by atoms with van der Waals surface area (Å²) in [5.41, 5.74) is 5.46. The molecule has 3 heterocycles. The fourth-order valence-corrected chi connectivity index (χ4v) is 4.94. The molecule has 180 valence electrons. The van der Waals surface area contributed by atoms with E-state index in [1.165, 1.54) is 19.3 Å². The van der Waals surface area contributed by atoms with Gasteiger partial charge >= 0.3 is 0 Å². The minimum absolute atomic E-state index is 0.0457. The van der Waals surface area contributed by atoms with Crippen molar-refractivity contribution in [1.29, 1.82) is 0 Å². The summed E-state index contributed by atoms with van der Waals surface area (Å²) in [5.74, 6) is 1.88. The molecule has 35 heavy (non-hydrogen) atoms. The summed E-state index contributed by atoms with van der Waals surface area (Å²) in [5, 5.41) is 4.29. The summed E-state index contributed by atoms with van der Waals surface area (Å²) in [6, 6.07) is 20.3. The molecule has 1 aliphatic heterocycles. The number of carbonyl (C=O) groups excluding carboxylic acids is 1. The van der Waals surface area contributed by atoms with E-state index < -0.39 is 0 Å². The van der Waals surface area contributed by atoms with Gasteiger partial charge in [0, 0.05) is 54.4 Å². The number of nitrogens with zero attached hydrogens (tertiary/aromatic N) is 2. The Balaban J connectivity index is 1.29. The number of anilines is 1. The molecule has 1 fully saturated rings. The van der Waals surface area contributed by atoms with Crippen molar-refractivity contribution in [1.82, 2.24) is 15.3 Å². The molecule has 5 rings (SSSR count). The molecule has 0 atom stereocenters. The number of nitrogens with one attached hydrogen (secondary N) is 2. The van der Waals surface area contributed by atoms with Gasteiger partial charge in [-0.05, 0) is 73.2 Å². The van der Waals surface area contributed by atoms with E-state index in [2.05, 4.69) is 50.5 Å². The minimum atomic E-state index is 0.0457. The summed E-state index contributed by atoms with van der Waals surface area (Å²) >= 11 is 0. The third-order valence-electron chi connectivity index (χ3n) is 6.79. The number of methoxy groups -OCH3 is 1. The Morgan fingerprint density at radius 3 is 2.63 bits per heavy atom. The average molecular weight is 469 g/mol. The van der Waals surface area contributed by atoms with Gasteiger partial charge in [-0.2, -0.15) is 0 Å². The van der Waals surface area contributed by atoms with Crippen molar-refractivity contribution in [2.45, 2.75) is 38.6 Å². The van der Waals surface area contributed by atoms with Crippen molar-refractivity contribution < 1.29 is 9.53 Å². The first-order valence-electron chi connectivity index (χ1n) is 12.4. The number of aromatic nitrogens is 2. The largest absolute Gasteiger partial charge is 0.497 e. The fraction of sp³-hybridized carbons (Fsp3) is 0.310. The van der Waals surface area contributed by atoms with Crippen LogP contribution in [0, 0.1) is 0 Å². The van der Waals surface area contributed by atoms with Crippen LogP contribution >= 0.6 is 0 Å². The van der Waals surface area contributed by atoms with E-state index >= 15 is 0 Å². The minimum Gasteiger partial charge on any atom is -0.497 e. The van der Waals surface area contributed by atoms with Gasteiger partial charge in [0.2, 0.25) is 5.91 Å². The molecule has 2 N–H and O–H groups in total. The highest BCUT2D eigenvalue weighted by Crippen LogP contribution is 2.32. The lowest BCUT2D eigenvalue weighted by atomic mass is 10.0. The molecule has 1 aliphatic rings. The number of aryl methyl sites for hydroxylation is 1. The van der Waals surface area contributed by atoms with E-state index in [1.807, 2.05) is 36.5 Å². The number of rotatable bonds is 8. The molecule has 1 saturated heterocycles. The quantitative estimate of drug-likeness (QED) is 0.359. The highest BCUT2D eigenvalue weighted by Gasteiger charge is 2.17. The molecule has 2 aromatic carbocycles. The Hall–Kier alpha value is -3.80. The standard InChI is InChI=1S/C29H32N4O2/c1-35-23-13-11-21(12-14-23)28-25(24-9-3-4-10-26(24)32-28)15-16-27(34)31-20-22-8-7-17-30-29(22)33-18-5-2-6-19-33/h3-4,7-14,17,32H,2,5-6,15-16,18-20H2,1H3,(H,31,34). The summed E-state index contributed by atoms with van der Waals surface area (Å²) in [4.78, 5) is 23.4. The van der Waals surface area contributed by atoms with Gasteiger partial charge in [-0.15, -0.1) is 0 Å². The van der Waals surface area contributed by atoms with Crippen LogP contribution in [0.25, 0.3) is 22.2 Å². The maximum Gasteiger partial charge on any atom is 0.220 e. The highest BCUT2D eigenvalue weighted by molar-refractivity contribution is 5.91. The van der Waals surface area contributed by atoms with E-state index in [0.29, 0.717) is 19.4 Å². The van der Waals surface area contributed by atoms with Gasteiger partial charge in [0.15, 0.2) is 0 Å². The van der Waals surface area contributed by atoms with Crippen molar-refractivity contribution in [2.75, 3.05) is 25.1 Å². The molecule has 0 aliphatic carbocycles. The van der Waals surface area contributed by atoms with Crippen LogP contribution in [0.3, 0.4) is 0 Å². The zero-order valence-electron chi connectivity index (χ0n) is 20.2. The number of carbonyl (C=O) groups is 1. The molecular formula is C29H32N4O2. The second-order valence-corrected chi connectivity index (χ2v) is 9.06. The monoisotopic (exact) mass is 468 g/mol. The number of fused-ring (bicyclic) bond motifs is 1. The lowest BCUT2D eigenvalue weighted by molar-refractivity contribution is -0.121. The average Bonchev–Trinajstić information content (AvgIpc) is 3.30. The Morgan fingerprint density at radius 1 is 1.03 bits per heavy atom. The van der Waals surface area contributed by atoms with Crippen LogP contribution in [0.1, 0.15) is 36.8 Å². The van der Waals surface area contributed by atoms with Gasteiger partial charge in [0.25, 0.3) is 0 Å². The Labute approximate surface area is 206 Å². The summed E-state index contributed by atoms with van der Waals surface area (Å²) < 4.78 is 5.31. The van der Waals surface area contributed by atoms with Gasteiger partial charge in [-0.3, -0.25) is 4.79 Å². The third kappa shape index (κ3) is 5.16. The third-order valence-corrected chi connectivity index (χ3v) is 6.79. The number of para-hydroxylation sites is 1. The topological polar surface area (TPSA) is 70.2 Å². The van der Waals surface area contributed by atoms with Crippen molar-refractivity contribution in [3.63, 3.8) is 0 Å². The highest BCUT2D eigenvalue weighted by atomic mass is 16.5. The number of ether oxygens (including phenoxy) is 1. The van der Waals surface area contributed by atoms with E-state index in [1.54, 1.807) is 7.11 Å². The molecule has 0 radical (unpaired) electrons. The second-order valence-electron chi connectivity index (χ2n) is 9.06. The number of aromatic amines is 1. The molecular weight excluding hydrogens is 436 g/mol. The summed E-state index contributed by atoms with van der Waals surface area (Å²) in [6.07, 6.45) is 6.59. The molecule has 4 aromatic rings. The summed E-state index contributed by atoms with van der Waals surface area (Å²) in [6.45, 7) is 2.57. The number of amides is 1. The smallest absolute Gasteiger partial charge is 0.220 e. The molecule has 0 saturated carbocycles. The number of pyridine rings is 1. The van der Waals surface area contributed by atoms with Crippen molar-refractivity contribution >= 4 is 22.6 Å². The van der Waals surface area contributed by atoms with Gasteiger partial charge in [0.1, 0.15) is 11.6 Å². The van der Waals surface area contributed by atoms with Gasteiger partial charge in [-0.25, -0.2) is 4.98 Å². The van der Waals surface area contributed by atoms with Crippen LogP contribution < -0.4 is 15.0 Å². The van der Waals surface area contributed by atoms with Gasteiger partial charge in [-0.1, -0.05) is 24.3 Å². The van der Waals surface area contributed by atoms with Crippen LogP contribution in [0.15, 0.2) is 66.9 Å². The van der Waals surface area contributed by atoms with Crippen LogP contribution in [0.4, 0.5) is 5.82 Å². The first-order valence-corrected chi connectivity index (χ1v) is 12.4. The Bertz CT molecular complexity index is 1290. The number of benzene rings is 2. The van der Waals surface area contributed by atoms with Gasteiger partial charge in [0.05, 0.1) is 7.11 Å². The van der Waals surface area contributed by atoms with Crippen LogP contribution in [-0.4, -0.2) is 36.1 Å². The zero-order chi connectivity index (χ0) is 24.0. The lowest BCUT2D eigenvalue weighted by Crippen LogP contribution is -2.32. The van der Waals surface area contributed by atoms with E-state index in [4.69, 9.17) is 4.74 Å². The van der Waals surface area contributed by atoms with Crippen LogP contribution in [0.5, 0.6) is 5.75 Å². The molecule has 0 unspecified atom stereocenters. The molecule has 1 amide bonds. The lowest BCUT2D eigenvalue weighted by Gasteiger charge is -2.29. The molecule has 6 nitrogen and oxygen atoms in total. The molecule has 6 heteroatoms. The summed E-state index contributed by atoms with van der Waals surface area (Å²) in [7, 11) is 1.67. The van der Waals surface area contributed by atoms with Crippen molar-refractivity contribution in [2.24, 2.45) is 0 Å². The Morgan fingerprint density at radius 2 is 1.83 bits per heavy atom. The predicted molar refractivity (Wildman–Crippen MR) is 141 cm³/mol. The zero-order valence-corrected chi connectivity index (χ0v) is 20.2. The molecule has 0 spiro atoms. The normalized spacial score (nSPS) is 13.7. The maximum atomic E-state index is 12.9. The van der Waals surface area contributed by atoms with E-state index in [9.17, 15) is 4.79 Å². The van der Waals surface area contributed by atoms with Crippen LogP contribution in [0.2, 0.25) is 0 Å². The first-order chi connectivity index (χ1) is 17.2. The fourth-order valence-electron chi connectivity index (χ4n) is 4.94. The van der Waals surface area contributed by atoms with E-state index in [0.717, 1.165) is 57.9 Å². The predicted octanol–water partition coefficient (Wildman–Crippen LogP) is 5.48. The van der Waals surface area contributed by atoms with E-state index in [-0.39, 0.29) is 5.91 Å². The number of hydrogen-bond acceptors (Lipinski definition) is 4. The first kappa shape index (κ1) is 23.0. The molecule has 0 bridgehead atoms.